The molecule has 1 aliphatic rings. The fourth-order valence-corrected chi connectivity index (χ4v) is 4.96. The Bertz CT molecular complexity index is 636. The third-order valence-electron chi connectivity index (χ3n) is 3.50. The minimum atomic E-state index is -3.82. The van der Waals surface area contributed by atoms with Crippen LogP contribution < -0.4 is 0 Å². The summed E-state index contributed by atoms with van der Waals surface area (Å²) in [6.07, 6.45) is 3.62. The topological polar surface area (TPSA) is 71.4 Å². The second-order valence-corrected chi connectivity index (χ2v) is 7.92. The van der Waals surface area contributed by atoms with E-state index in [1.54, 1.807) is 0 Å². The van der Waals surface area contributed by atoms with Crippen molar-refractivity contribution in [1.29, 1.82) is 0 Å². The molecule has 1 fully saturated rings. The highest BCUT2D eigenvalue weighted by atomic mass is 79.9. The number of hydrogen-bond donors (Lipinski definition) is 1. The van der Waals surface area contributed by atoms with Crippen molar-refractivity contribution in [2.24, 2.45) is 5.92 Å². The summed E-state index contributed by atoms with van der Waals surface area (Å²) < 4.78 is 38.9. The standard InChI is InChI=1S/C13H14BrFO4S/c14-9-5-10(13(16)17)12(15)11(6-9)20(18,19)7-8-3-1-2-4-8/h5-6,8H,1-4,7H2,(H,16,17). The van der Waals surface area contributed by atoms with Crippen LogP contribution in [-0.4, -0.2) is 25.2 Å². The molecule has 0 heterocycles. The molecule has 1 saturated carbocycles. The molecule has 4 nitrogen and oxygen atoms in total. The molecule has 1 aromatic rings. The Morgan fingerprint density at radius 3 is 2.50 bits per heavy atom. The van der Waals surface area contributed by atoms with Gasteiger partial charge in [0, 0.05) is 4.47 Å². The Morgan fingerprint density at radius 2 is 1.95 bits per heavy atom. The lowest BCUT2D eigenvalue weighted by atomic mass is 10.1. The molecule has 0 unspecified atom stereocenters. The van der Waals surface area contributed by atoms with Crippen LogP contribution in [0.1, 0.15) is 36.0 Å². The summed E-state index contributed by atoms with van der Waals surface area (Å²) in [6, 6.07) is 2.19. The molecule has 1 N–H and O–H groups in total. The summed E-state index contributed by atoms with van der Waals surface area (Å²) in [6.45, 7) is 0. The average Bonchev–Trinajstić information content (AvgIpc) is 2.83. The third-order valence-corrected chi connectivity index (χ3v) is 5.83. The second kappa shape index (κ2) is 5.81. The predicted molar refractivity (Wildman–Crippen MR) is 75.1 cm³/mol. The van der Waals surface area contributed by atoms with Gasteiger partial charge >= 0.3 is 5.97 Å². The molecular formula is C13H14BrFO4S. The van der Waals surface area contributed by atoms with Crippen LogP contribution >= 0.6 is 15.9 Å². The second-order valence-electron chi connectivity index (χ2n) is 5.00. The van der Waals surface area contributed by atoms with E-state index in [0.717, 1.165) is 37.8 Å². The van der Waals surface area contributed by atoms with Crippen molar-refractivity contribution < 1.29 is 22.7 Å². The molecule has 1 aliphatic carbocycles. The molecule has 0 aromatic heterocycles. The lowest BCUT2D eigenvalue weighted by Gasteiger charge is -2.12. The van der Waals surface area contributed by atoms with E-state index in [-0.39, 0.29) is 16.1 Å². The third kappa shape index (κ3) is 3.20. The van der Waals surface area contributed by atoms with E-state index in [2.05, 4.69) is 15.9 Å². The molecule has 0 saturated heterocycles. The summed E-state index contributed by atoms with van der Waals surface area (Å²) in [4.78, 5) is 10.4. The van der Waals surface area contributed by atoms with Crippen molar-refractivity contribution in [3.8, 4) is 0 Å². The number of carboxylic acids is 1. The fourth-order valence-electron chi connectivity index (χ4n) is 2.52. The van der Waals surface area contributed by atoms with Crippen LogP contribution in [-0.2, 0) is 9.84 Å². The van der Waals surface area contributed by atoms with E-state index in [1.807, 2.05) is 0 Å². The predicted octanol–water partition coefficient (Wildman–Crippen LogP) is 3.25. The molecule has 0 bridgehead atoms. The van der Waals surface area contributed by atoms with E-state index in [1.165, 1.54) is 0 Å². The summed E-state index contributed by atoms with van der Waals surface area (Å²) >= 11 is 3.03. The summed E-state index contributed by atoms with van der Waals surface area (Å²) in [5.74, 6) is -2.76. The van der Waals surface area contributed by atoms with Crippen molar-refractivity contribution in [2.45, 2.75) is 30.6 Å². The first kappa shape index (κ1) is 15.4. The molecule has 0 aliphatic heterocycles. The highest BCUT2D eigenvalue weighted by Gasteiger charge is 2.29. The smallest absolute Gasteiger partial charge is 0.338 e. The molecule has 7 heteroatoms. The quantitative estimate of drug-likeness (QED) is 0.889. The van der Waals surface area contributed by atoms with E-state index < -0.39 is 32.1 Å². The fraction of sp³-hybridized carbons (Fsp3) is 0.462. The van der Waals surface area contributed by atoms with Crippen LogP contribution in [0.5, 0.6) is 0 Å². The van der Waals surface area contributed by atoms with Crippen molar-refractivity contribution >= 4 is 31.7 Å². The first-order valence-electron chi connectivity index (χ1n) is 6.26. The lowest BCUT2D eigenvalue weighted by molar-refractivity contribution is 0.0691. The van der Waals surface area contributed by atoms with Crippen molar-refractivity contribution in [2.75, 3.05) is 5.75 Å². The number of carbonyl (C=O) groups is 1. The number of benzene rings is 1. The van der Waals surface area contributed by atoms with Gasteiger partial charge in [-0.2, -0.15) is 0 Å². The molecule has 0 spiro atoms. The SMILES string of the molecule is O=C(O)c1cc(Br)cc(S(=O)(=O)CC2CCCC2)c1F. The van der Waals surface area contributed by atoms with Gasteiger partial charge in [-0.1, -0.05) is 28.8 Å². The molecule has 1 aromatic carbocycles. The largest absolute Gasteiger partial charge is 0.478 e. The number of rotatable bonds is 4. The van der Waals surface area contributed by atoms with Crippen LogP contribution in [0.15, 0.2) is 21.5 Å². The molecule has 0 radical (unpaired) electrons. The number of sulfone groups is 1. The number of carboxylic acid groups (broad SMARTS) is 1. The van der Waals surface area contributed by atoms with Gasteiger partial charge in [0.05, 0.1) is 11.3 Å². The number of halogens is 2. The first-order chi connectivity index (χ1) is 9.31. The van der Waals surface area contributed by atoms with Gasteiger partial charge in [-0.25, -0.2) is 17.6 Å². The van der Waals surface area contributed by atoms with Gasteiger partial charge in [0.25, 0.3) is 0 Å². The zero-order chi connectivity index (χ0) is 14.9. The molecule has 2 rings (SSSR count). The zero-order valence-corrected chi connectivity index (χ0v) is 13.0. The van der Waals surface area contributed by atoms with Gasteiger partial charge in [0.2, 0.25) is 0 Å². The van der Waals surface area contributed by atoms with Gasteiger partial charge in [-0.05, 0) is 30.9 Å². The molecular weight excluding hydrogens is 351 g/mol. The highest BCUT2D eigenvalue weighted by Crippen LogP contribution is 2.31. The van der Waals surface area contributed by atoms with Crippen molar-refractivity contribution in [3.05, 3.63) is 28.0 Å². The Morgan fingerprint density at radius 1 is 1.35 bits per heavy atom. The maximum absolute atomic E-state index is 14.1. The van der Waals surface area contributed by atoms with Gasteiger partial charge in [-0.3, -0.25) is 0 Å². The summed E-state index contributed by atoms with van der Waals surface area (Å²) in [7, 11) is -3.82. The van der Waals surface area contributed by atoms with Crippen LogP contribution in [0.25, 0.3) is 0 Å². The van der Waals surface area contributed by atoms with E-state index in [4.69, 9.17) is 5.11 Å². The first-order valence-corrected chi connectivity index (χ1v) is 8.71. The van der Waals surface area contributed by atoms with Gasteiger partial charge < -0.3 is 5.11 Å². The Labute approximate surface area is 125 Å². The molecule has 0 atom stereocenters. The minimum Gasteiger partial charge on any atom is -0.478 e. The normalized spacial score (nSPS) is 16.5. The van der Waals surface area contributed by atoms with E-state index in [0.29, 0.717) is 0 Å². The van der Waals surface area contributed by atoms with Crippen LogP contribution in [0, 0.1) is 11.7 Å². The Hall–Kier alpha value is -0.950. The summed E-state index contributed by atoms with van der Waals surface area (Å²) in [5, 5.41) is 8.91. The van der Waals surface area contributed by atoms with E-state index >= 15 is 0 Å². The highest BCUT2D eigenvalue weighted by molar-refractivity contribution is 9.10. The number of hydrogen-bond acceptors (Lipinski definition) is 3. The molecule has 20 heavy (non-hydrogen) atoms. The monoisotopic (exact) mass is 364 g/mol. The Kier molecular flexibility index (Phi) is 4.49. The minimum absolute atomic E-state index is 0.0339. The molecule has 110 valence electrons. The zero-order valence-electron chi connectivity index (χ0n) is 10.6. The van der Waals surface area contributed by atoms with Gasteiger partial charge in [0.15, 0.2) is 15.7 Å². The Balaban J connectivity index is 2.42. The van der Waals surface area contributed by atoms with Gasteiger partial charge in [-0.15, -0.1) is 0 Å². The lowest BCUT2D eigenvalue weighted by Crippen LogP contribution is -2.17. The van der Waals surface area contributed by atoms with Crippen LogP contribution in [0.4, 0.5) is 4.39 Å². The average molecular weight is 365 g/mol. The van der Waals surface area contributed by atoms with Crippen LogP contribution in [0.3, 0.4) is 0 Å². The maximum Gasteiger partial charge on any atom is 0.338 e. The maximum atomic E-state index is 14.1. The summed E-state index contributed by atoms with van der Waals surface area (Å²) in [5.41, 5.74) is -0.635. The van der Waals surface area contributed by atoms with Gasteiger partial charge in [0.1, 0.15) is 4.90 Å². The van der Waals surface area contributed by atoms with Crippen LogP contribution in [0.2, 0.25) is 0 Å². The molecule has 0 amide bonds. The van der Waals surface area contributed by atoms with Crippen molar-refractivity contribution in [1.82, 2.24) is 0 Å². The van der Waals surface area contributed by atoms with E-state index in [9.17, 15) is 17.6 Å². The van der Waals surface area contributed by atoms with Crippen molar-refractivity contribution in [3.63, 3.8) is 0 Å². The number of aromatic carboxylic acids is 1.